The van der Waals surface area contributed by atoms with Gasteiger partial charge in [0.25, 0.3) is 0 Å². The van der Waals surface area contributed by atoms with Crippen LogP contribution in [-0.4, -0.2) is 0 Å². The van der Waals surface area contributed by atoms with Gasteiger partial charge in [-0.2, -0.15) is 0 Å². The molecule has 3 aliphatic carbocycles. The minimum atomic E-state index is -0.467. The normalized spacial score (nSPS) is 14.3. The topological polar surface area (TPSA) is 16.4 Å². The third-order valence-electron chi connectivity index (χ3n) is 14.9. The van der Waals surface area contributed by atoms with Crippen LogP contribution < -0.4 is 4.90 Å². The van der Waals surface area contributed by atoms with E-state index >= 15 is 0 Å². The molecule has 0 saturated carbocycles. The summed E-state index contributed by atoms with van der Waals surface area (Å²) in [5.41, 5.74) is 22.7. The van der Waals surface area contributed by atoms with E-state index in [9.17, 15) is 0 Å². The fraction of sp³-hybridized carbons (Fsp3) is 0.0645. The molecular weight excluding hydrogens is 775 g/mol. The maximum absolute atomic E-state index is 6.53. The van der Waals surface area contributed by atoms with Gasteiger partial charge in [-0.15, -0.1) is 0 Å². The van der Waals surface area contributed by atoms with Crippen LogP contribution in [0.4, 0.5) is 17.1 Å². The molecule has 2 heteroatoms. The molecule has 10 aromatic carbocycles. The second kappa shape index (κ2) is 12.8. The molecule has 1 heterocycles. The van der Waals surface area contributed by atoms with Gasteiger partial charge >= 0.3 is 0 Å². The van der Waals surface area contributed by atoms with Gasteiger partial charge < -0.3 is 9.32 Å². The number of fused-ring (bicyclic) bond motifs is 17. The predicted molar refractivity (Wildman–Crippen MR) is 265 cm³/mol. The van der Waals surface area contributed by atoms with Gasteiger partial charge in [-0.1, -0.05) is 178 Å². The molecule has 0 aliphatic heterocycles. The van der Waals surface area contributed by atoms with E-state index in [4.69, 9.17) is 4.42 Å². The lowest BCUT2D eigenvalue weighted by atomic mass is 9.70. The summed E-state index contributed by atoms with van der Waals surface area (Å²) in [6, 6.07) is 79.2. The summed E-state index contributed by atoms with van der Waals surface area (Å²) in [5, 5.41) is 4.64. The molecule has 64 heavy (non-hydrogen) atoms. The van der Waals surface area contributed by atoms with Crippen LogP contribution in [0.3, 0.4) is 0 Å². The van der Waals surface area contributed by atoms with Gasteiger partial charge in [0, 0.05) is 33.0 Å². The van der Waals surface area contributed by atoms with Gasteiger partial charge in [-0.25, -0.2) is 0 Å². The zero-order valence-electron chi connectivity index (χ0n) is 35.6. The molecule has 300 valence electrons. The Balaban J connectivity index is 1.05. The zero-order valence-corrected chi connectivity index (χ0v) is 35.6. The average Bonchev–Trinajstić information content (AvgIpc) is 4.02. The first-order chi connectivity index (χ1) is 31.5. The summed E-state index contributed by atoms with van der Waals surface area (Å²) >= 11 is 0. The van der Waals surface area contributed by atoms with E-state index in [1.54, 1.807) is 0 Å². The van der Waals surface area contributed by atoms with Gasteiger partial charge in [0.2, 0.25) is 0 Å². The first-order valence-corrected chi connectivity index (χ1v) is 22.4. The second-order valence-corrected chi connectivity index (χ2v) is 18.3. The number of hydrogen-bond donors (Lipinski definition) is 0. The van der Waals surface area contributed by atoms with Crippen molar-refractivity contribution >= 4 is 49.8 Å². The van der Waals surface area contributed by atoms with Crippen LogP contribution in [0.25, 0.3) is 77.2 Å². The van der Waals surface area contributed by atoms with Crippen molar-refractivity contribution in [2.24, 2.45) is 0 Å². The van der Waals surface area contributed by atoms with Crippen LogP contribution in [0, 0.1) is 0 Å². The van der Waals surface area contributed by atoms with E-state index in [0.717, 1.165) is 44.4 Å². The highest BCUT2D eigenvalue weighted by Gasteiger charge is 2.52. The summed E-state index contributed by atoms with van der Waals surface area (Å²) in [4.78, 5) is 2.56. The van der Waals surface area contributed by atoms with E-state index in [0.29, 0.717) is 0 Å². The molecule has 0 unspecified atom stereocenters. The molecule has 0 saturated heterocycles. The van der Waals surface area contributed by atoms with E-state index in [1.807, 2.05) is 0 Å². The summed E-state index contributed by atoms with van der Waals surface area (Å²) in [7, 11) is 0. The molecule has 11 aromatic rings. The van der Waals surface area contributed by atoms with Crippen LogP contribution in [0.15, 0.2) is 217 Å². The highest BCUT2D eigenvalue weighted by atomic mass is 16.3. The Kier molecular flexibility index (Phi) is 7.13. The molecular formula is C62H41NO. The maximum Gasteiger partial charge on any atom is 0.136 e. The first-order valence-electron chi connectivity index (χ1n) is 22.4. The summed E-state index contributed by atoms with van der Waals surface area (Å²) in [6.45, 7) is 4.75. The molecule has 1 aromatic heterocycles. The zero-order chi connectivity index (χ0) is 42.3. The van der Waals surface area contributed by atoms with Gasteiger partial charge in [-0.05, 0) is 126 Å². The number of furan rings is 1. The Morgan fingerprint density at radius 1 is 0.359 bits per heavy atom. The summed E-state index contributed by atoms with van der Waals surface area (Å²) in [5.74, 6) is 0. The largest absolute Gasteiger partial charge is 0.456 e. The molecule has 0 bridgehead atoms. The highest BCUT2D eigenvalue weighted by molar-refractivity contribution is 6.11. The number of benzene rings is 10. The number of rotatable bonds is 4. The minimum absolute atomic E-state index is 0.161. The lowest BCUT2D eigenvalue weighted by Crippen LogP contribution is -2.26. The van der Waals surface area contributed by atoms with Gasteiger partial charge in [-0.3, -0.25) is 0 Å². The SMILES string of the molecule is CC1(C)c2ccccc2-c2c(N(c3ccc4c(c3)C3(c5ccccc5-c5ccccc53)c3ccccc3-4)c3ccccc3-c3ccc4oc5cc6ccccc6cc5c4c3)cccc21. The van der Waals surface area contributed by atoms with Crippen molar-refractivity contribution in [2.45, 2.75) is 24.7 Å². The second-order valence-electron chi connectivity index (χ2n) is 18.3. The number of para-hydroxylation sites is 1. The minimum Gasteiger partial charge on any atom is -0.456 e. The average molecular weight is 816 g/mol. The predicted octanol–water partition coefficient (Wildman–Crippen LogP) is 16.5. The van der Waals surface area contributed by atoms with Crippen molar-refractivity contribution in [3.63, 3.8) is 0 Å². The van der Waals surface area contributed by atoms with E-state index in [2.05, 4.69) is 231 Å². The monoisotopic (exact) mass is 815 g/mol. The third kappa shape index (κ3) is 4.59. The Labute approximate surface area is 372 Å². The molecule has 2 nitrogen and oxygen atoms in total. The van der Waals surface area contributed by atoms with Crippen LogP contribution in [0.1, 0.15) is 47.2 Å². The van der Waals surface area contributed by atoms with Gasteiger partial charge in [0.15, 0.2) is 0 Å². The van der Waals surface area contributed by atoms with Crippen molar-refractivity contribution in [3.8, 4) is 44.5 Å². The van der Waals surface area contributed by atoms with E-state index < -0.39 is 5.41 Å². The van der Waals surface area contributed by atoms with Crippen molar-refractivity contribution < 1.29 is 4.42 Å². The van der Waals surface area contributed by atoms with Crippen LogP contribution >= 0.6 is 0 Å². The molecule has 0 amide bonds. The summed E-state index contributed by atoms with van der Waals surface area (Å²) < 4.78 is 6.53. The molecule has 0 radical (unpaired) electrons. The van der Waals surface area contributed by atoms with Crippen LogP contribution in [0.2, 0.25) is 0 Å². The molecule has 0 N–H and O–H groups in total. The summed E-state index contributed by atoms with van der Waals surface area (Å²) in [6.07, 6.45) is 0. The van der Waals surface area contributed by atoms with Crippen LogP contribution in [0.5, 0.6) is 0 Å². The molecule has 0 atom stereocenters. The standard InChI is InChI=1S/C62H41NO/c1-61(2)50-23-10-8-22-47(50)60-54(61)27-15-29-57(60)63(56-28-14-9-18-42(56)40-30-33-58-48(35-40)49-34-38-16-3-4-17-39(38)36-59(49)64-58)41-31-32-46-45-21-7-13-26-53(45)62(55(46)37-41)51-24-11-5-19-43(51)44-20-6-12-25-52(44)62/h3-37H,1-2H3. The lowest BCUT2D eigenvalue weighted by molar-refractivity contribution is 0.660. The fourth-order valence-electron chi connectivity index (χ4n) is 12.1. The Hall–Kier alpha value is -7.94. The Morgan fingerprint density at radius 2 is 0.891 bits per heavy atom. The molecule has 0 fully saturated rings. The van der Waals surface area contributed by atoms with E-state index in [1.165, 1.54) is 83.2 Å². The number of hydrogen-bond acceptors (Lipinski definition) is 2. The van der Waals surface area contributed by atoms with Crippen molar-refractivity contribution in [2.75, 3.05) is 4.90 Å². The number of anilines is 3. The Morgan fingerprint density at radius 3 is 1.59 bits per heavy atom. The Bertz CT molecular complexity index is 3730. The van der Waals surface area contributed by atoms with Crippen molar-refractivity contribution in [3.05, 3.63) is 246 Å². The molecule has 14 rings (SSSR count). The number of nitrogens with zero attached hydrogens (tertiary/aromatic N) is 1. The lowest BCUT2D eigenvalue weighted by Gasteiger charge is -2.33. The van der Waals surface area contributed by atoms with Crippen LogP contribution in [-0.2, 0) is 10.8 Å². The maximum atomic E-state index is 6.53. The molecule has 1 spiro atoms. The van der Waals surface area contributed by atoms with Crippen molar-refractivity contribution in [1.29, 1.82) is 0 Å². The third-order valence-corrected chi connectivity index (χ3v) is 14.9. The van der Waals surface area contributed by atoms with Crippen molar-refractivity contribution in [1.82, 2.24) is 0 Å². The van der Waals surface area contributed by atoms with Gasteiger partial charge in [0.05, 0.1) is 16.8 Å². The first kappa shape index (κ1) is 35.6. The fourth-order valence-corrected chi connectivity index (χ4v) is 12.1. The van der Waals surface area contributed by atoms with Gasteiger partial charge in [0.1, 0.15) is 11.2 Å². The van der Waals surface area contributed by atoms with E-state index in [-0.39, 0.29) is 5.41 Å². The smallest absolute Gasteiger partial charge is 0.136 e. The molecule has 3 aliphatic rings. The quantitative estimate of drug-likeness (QED) is 0.176. The highest BCUT2D eigenvalue weighted by Crippen LogP contribution is 2.64.